The van der Waals surface area contributed by atoms with E-state index >= 15 is 0 Å². The fourth-order valence-electron chi connectivity index (χ4n) is 4.20. The van der Waals surface area contributed by atoms with E-state index in [9.17, 15) is 18.3 Å². The molecule has 0 bridgehead atoms. The number of piperidine rings is 1. The van der Waals surface area contributed by atoms with E-state index in [1.54, 1.807) is 24.3 Å². The minimum Gasteiger partial charge on any atom is -0.508 e. The Morgan fingerprint density at radius 3 is 2.66 bits per heavy atom. The molecule has 2 aliphatic rings. The summed E-state index contributed by atoms with van der Waals surface area (Å²) in [6.45, 7) is 0.561. The van der Waals surface area contributed by atoms with Gasteiger partial charge in [0, 0.05) is 18.1 Å². The molecule has 1 heterocycles. The Morgan fingerprint density at radius 1 is 1.14 bits per heavy atom. The first-order valence-electron chi connectivity index (χ1n) is 9.73. The Bertz CT molecular complexity index is 1020. The number of benzene rings is 2. The number of amides is 1. The van der Waals surface area contributed by atoms with Gasteiger partial charge >= 0.3 is 0 Å². The normalized spacial score (nSPS) is 22.2. The highest BCUT2D eigenvalue weighted by Crippen LogP contribution is 2.36. The first-order valence-corrected chi connectivity index (χ1v) is 11.5. The highest BCUT2D eigenvalue weighted by molar-refractivity contribution is 7.89. The average Bonchev–Trinajstić information content (AvgIpc) is 3.12. The van der Waals surface area contributed by atoms with Crippen molar-refractivity contribution in [3.05, 3.63) is 58.6 Å². The van der Waals surface area contributed by atoms with Crippen LogP contribution in [0.4, 0.5) is 0 Å². The first-order chi connectivity index (χ1) is 13.9. The molecule has 0 aromatic heterocycles. The molecule has 0 spiro atoms. The molecule has 1 fully saturated rings. The molecule has 0 saturated carbocycles. The van der Waals surface area contributed by atoms with E-state index in [-0.39, 0.29) is 29.1 Å². The van der Waals surface area contributed by atoms with Crippen LogP contribution in [-0.4, -0.2) is 36.8 Å². The highest BCUT2D eigenvalue weighted by atomic mass is 35.5. The van der Waals surface area contributed by atoms with Crippen LogP contribution in [0.25, 0.3) is 0 Å². The van der Waals surface area contributed by atoms with Crippen LogP contribution < -0.4 is 5.32 Å². The van der Waals surface area contributed by atoms with Crippen molar-refractivity contribution in [1.29, 1.82) is 0 Å². The zero-order valence-corrected chi connectivity index (χ0v) is 17.4. The van der Waals surface area contributed by atoms with E-state index in [2.05, 4.69) is 5.32 Å². The number of fused-ring (bicyclic) bond motifs is 1. The number of hydrogen-bond donors (Lipinski definition) is 2. The zero-order valence-electron chi connectivity index (χ0n) is 15.8. The third-order valence-electron chi connectivity index (χ3n) is 5.77. The largest absolute Gasteiger partial charge is 0.508 e. The smallest absolute Gasteiger partial charge is 0.243 e. The van der Waals surface area contributed by atoms with Gasteiger partial charge in [0.05, 0.1) is 16.9 Å². The number of rotatable bonds is 4. The third kappa shape index (κ3) is 3.99. The summed E-state index contributed by atoms with van der Waals surface area (Å²) >= 11 is 5.86. The van der Waals surface area contributed by atoms with Crippen molar-refractivity contribution in [2.24, 2.45) is 5.92 Å². The Hall–Kier alpha value is -2.09. The quantitative estimate of drug-likeness (QED) is 0.773. The molecule has 1 amide bonds. The van der Waals surface area contributed by atoms with Crippen molar-refractivity contribution >= 4 is 27.5 Å². The number of sulfonamides is 1. The lowest BCUT2D eigenvalue weighted by Crippen LogP contribution is -2.45. The lowest BCUT2D eigenvalue weighted by molar-refractivity contribution is -0.126. The van der Waals surface area contributed by atoms with E-state index < -0.39 is 15.9 Å². The van der Waals surface area contributed by atoms with Gasteiger partial charge in [-0.05, 0) is 67.1 Å². The van der Waals surface area contributed by atoms with E-state index in [4.69, 9.17) is 11.6 Å². The first kappa shape index (κ1) is 20.2. The maximum atomic E-state index is 12.9. The number of carbonyl (C=O) groups excluding carboxylic acids is 1. The molecule has 8 heteroatoms. The molecule has 2 N–H and O–H groups in total. The number of phenolic OH excluding ortho intramolecular Hbond substituents is 1. The van der Waals surface area contributed by atoms with Crippen LogP contribution in [0.15, 0.2) is 47.4 Å². The second kappa shape index (κ2) is 7.97. The van der Waals surface area contributed by atoms with Gasteiger partial charge < -0.3 is 10.4 Å². The van der Waals surface area contributed by atoms with E-state index in [0.717, 1.165) is 17.5 Å². The molecule has 2 atom stereocenters. The van der Waals surface area contributed by atoms with Crippen molar-refractivity contribution in [2.75, 3.05) is 13.1 Å². The molecule has 2 unspecified atom stereocenters. The molecule has 2 aromatic rings. The van der Waals surface area contributed by atoms with Gasteiger partial charge in [0.15, 0.2) is 0 Å². The number of nitrogens with one attached hydrogen (secondary N) is 1. The number of hydrogen-bond acceptors (Lipinski definition) is 4. The molecule has 1 aliphatic heterocycles. The standard InChI is InChI=1S/C21H23ClN2O4S/c22-15-6-8-16(9-7-15)29(27,28)24-12-2-3-14(13-24)21(26)23-19-11-10-18-17(19)4-1-5-20(18)25/h1,4-9,14,19,25H,2-3,10-13H2,(H,23,26). The summed E-state index contributed by atoms with van der Waals surface area (Å²) in [7, 11) is -3.67. The summed E-state index contributed by atoms with van der Waals surface area (Å²) in [6, 6.07) is 11.3. The van der Waals surface area contributed by atoms with E-state index in [1.807, 2.05) is 6.07 Å². The van der Waals surface area contributed by atoms with Crippen molar-refractivity contribution < 1.29 is 18.3 Å². The number of aromatic hydroxyl groups is 1. The van der Waals surface area contributed by atoms with Crippen LogP contribution in [0.1, 0.15) is 36.4 Å². The Morgan fingerprint density at radius 2 is 1.90 bits per heavy atom. The predicted molar refractivity (Wildman–Crippen MR) is 110 cm³/mol. The van der Waals surface area contributed by atoms with Gasteiger partial charge in [-0.3, -0.25) is 4.79 Å². The summed E-state index contributed by atoms with van der Waals surface area (Å²) in [5.41, 5.74) is 1.83. The van der Waals surface area contributed by atoms with Crippen LogP contribution in [0.2, 0.25) is 5.02 Å². The van der Waals surface area contributed by atoms with Gasteiger partial charge in [-0.25, -0.2) is 8.42 Å². The minimum absolute atomic E-state index is 0.137. The predicted octanol–water partition coefficient (Wildman–Crippen LogP) is 3.25. The van der Waals surface area contributed by atoms with Crippen molar-refractivity contribution in [3.8, 4) is 5.75 Å². The second-order valence-corrected chi connectivity index (χ2v) is 9.98. The zero-order chi connectivity index (χ0) is 20.6. The van der Waals surface area contributed by atoms with Gasteiger partial charge in [-0.15, -0.1) is 0 Å². The van der Waals surface area contributed by atoms with Crippen molar-refractivity contribution in [1.82, 2.24) is 9.62 Å². The van der Waals surface area contributed by atoms with Crippen LogP contribution in [0, 0.1) is 5.92 Å². The minimum atomic E-state index is -3.67. The molecular weight excluding hydrogens is 412 g/mol. The summed E-state index contributed by atoms with van der Waals surface area (Å²) in [4.78, 5) is 13.1. The fraction of sp³-hybridized carbons (Fsp3) is 0.381. The Balaban J connectivity index is 1.46. The highest BCUT2D eigenvalue weighted by Gasteiger charge is 2.35. The van der Waals surface area contributed by atoms with Gasteiger partial charge in [0.2, 0.25) is 15.9 Å². The van der Waals surface area contributed by atoms with Crippen LogP contribution in [0.3, 0.4) is 0 Å². The number of nitrogens with zero attached hydrogens (tertiary/aromatic N) is 1. The maximum absolute atomic E-state index is 12.9. The molecule has 154 valence electrons. The maximum Gasteiger partial charge on any atom is 0.243 e. The van der Waals surface area contributed by atoms with Gasteiger partial charge in [-0.1, -0.05) is 23.7 Å². The Kier molecular flexibility index (Phi) is 5.55. The Labute approximate surface area is 175 Å². The number of phenols is 1. The lowest BCUT2D eigenvalue weighted by Gasteiger charge is -2.32. The molecule has 1 aliphatic carbocycles. The monoisotopic (exact) mass is 434 g/mol. The van der Waals surface area contributed by atoms with Gasteiger partial charge in [-0.2, -0.15) is 4.31 Å². The fourth-order valence-corrected chi connectivity index (χ4v) is 5.85. The van der Waals surface area contributed by atoms with Crippen molar-refractivity contribution in [3.63, 3.8) is 0 Å². The molecule has 6 nitrogen and oxygen atoms in total. The average molecular weight is 435 g/mol. The molecule has 1 saturated heterocycles. The van der Waals surface area contributed by atoms with Gasteiger partial charge in [0.25, 0.3) is 0 Å². The molecule has 0 radical (unpaired) electrons. The second-order valence-electron chi connectivity index (χ2n) is 7.60. The SMILES string of the molecule is O=C(NC1CCc2c(O)cccc21)C1CCCN(S(=O)(=O)c2ccc(Cl)cc2)C1. The lowest BCUT2D eigenvalue weighted by atomic mass is 9.98. The van der Waals surface area contributed by atoms with Crippen molar-refractivity contribution in [2.45, 2.75) is 36.6 Å². The molecule has 2 aromatic carbocycles. The number of halogens is 1. The van der Waals surface area contributed by atoms with Crippen LogP contribution in [0.5, 0.6) is 5.75 Å². The summed E-state index contributed by atoms with van der Waals surface area (Å²) in [5.74, 6) is -0.272. The van der Waals surface area contributed by atoms with Gasteiger partial charge in [0.1, 0.15) is 5.75 Å². The van der Waals surface area contributed by atoms with E-state index in [1.165, 1.54) is 16.4 Å². The number of carbonyl (C=O) groups is 1. The molecule has 4 rings (SSSR count). The van der Waals surface area contributed by atoms with Crippen LogP contribution in [-0.2, 0) is 21.2 Å². The summed E-state index contributed by atoms with van der Waals surface area (Å²) in [6.07, 6.45) is 2.73. The topological polar surface area (TPSA) is 86.7 Å². The molecular formula is C21H23ClN2O4S. The van der Waals surface area contributed by atoms with Crippen LogP contribution >= 0.6 is 11.6 Å². The summed E-state index contributed by atoms with van der Waals surface area (Å²) in [5, 5.41) is 13.5. The summed E-state index contributed by atoms with van der Waals surface area (Å²) < 4.78 is 27.3. The van der Waals surface area contributed by atoms with E-state index in [0.29, 0.717) is 30.8 Å². The third-order valence-corrected chi connectivity index (χ3v) is 7.90. The molecule has 29 heavy (non-hydrogen) atoms.